The maximum Gasteiger partial charge on any atom is 0.342 e. The summed E-state index contributed by atoms with van der Waals surface area (Å²) in [6.45, 7) is 4.86. The Kier molecular flexibility index (Phi) is 5.18. The van der Waals surface area contributed by atoms with E-state index in [0.717, 1.165) is 44.4 Å². The molecule has 0 saturated heterocycles. The molecule has 1 aromatic carbocycles. The molecule has 0 spiro atoms. The van der Waals surface area contributed by atoms with Crippen LogP contribution >= 0.6 is 0 Å². The van der Waals surface area contributed by atoms with Crippen molar-refractivity contribution in [3.05, 3.63) is 29.8 Å². The molecule has 0 aliphatic heterocycles. The Hall–Kier alpha value is -1.84. The molecule has 4 nitrogen and oxygen atoms in total. The fraction of sp³-hybridized carbons (Fsp3) is 0.704. The van der Waals surface area contributed by atoms with Gasteiger partial charge in [0, 0.05) is 18.3 Å². The molecule has 4 aliphatic rings. The molecule has 0 radical (unpaired) electrons. The molecule has 4 saturated carbocycles. The van der Waals surface area contributed by atoms with Gasteiger partial charge in [0.25, 0.3) is 0 Å². The molecule has 0 heterocycles. The predicted molar refractivity (Wildman–Crippen MR) is 119 cm³/mol. The van der Waals surface area contributed by atoms with Crippen LogP contribution in [-0.4, -0.2) is 25.0 Å². The maximum atomic E-state index is 13.0. The number of carbonyl (C=O) groups is 2. The highest BCUT2D eigenvalue weighted by atomic mass is 16.5. The number of para-hydroxylation sites is 1. The van der Waals surface area contributed by atoms with Crippen LogP contribution in [0.3, 0.4) is 0 Å². The van der Waals surface area contributed by atoms with Crippen LogP contribution in [-0.2, 0) is 9.53 Å². The molecule has 0 N–H and O–H groups in total. The Morgan fingerprint density at radius 2 is 1.74 bits per heavy atom. The zero-order valence-corrected chi connectivity index (χ0v) is 19.2. The highest BCUT2D eigenvalue weighted by molar-refractivity contribution is 5.92. The number of methoxy groups -OCH3 is 1. The average Bonchev–Trinajstić information content (AvgIpc) is 3.10. The van der Waals surface area contributed by atoms with E-state index in [4.69, 9.17) is 9.47 Å². The molecule has 5 rings (SSSR count). The van der Waals surface area contributed by atoms with Crippen molar-refractivity contribution in [3.8, 4) is 5.75 Å². The van der Waals surface area contributed by atoms with Gasteiger partial charge in [0.05, 0.1) is 7.11 Å². The first-order chi connectivity index (χ1) is 14.9. The molecule has 4 fully saturated rings. The quantitative estimate of drug-likeness (QED) is 0.573. The van der Waals surface area contributed by atoms with Gasteiger partial charge < -0.3 is 9.47 Å². The van der Waals surface area contributed by atoms with Crippen molar-refractivity contribution >= 4 is 11.8 Å². The van der Waals surface area contributed by atoms with Crippen LogP contribution in [0.15, 0.2) is 24.3 Å². The van der Waals surface area contributed by atoms with Gasteiger partial charge in [-0.3, -0.25) is 4.79 Å². The monoisotopic (exact) mass is 424 g/mol. The Morgan fingerprint density at radius 1 is 0.968 bits per heavy atom. The molecule has 4 aliphatic carbocycles. The van der Waals surface area contributed by atoms with Crippen molar-refractivity contribution in [2.75, 3.05) is 7.11 Å². The van der Waals surface area contributed by atoms with E-state index >= 15 is 0 Å². The first-order valence-electron chi connectivity index (χ1n) is 12.2. The van der Waals surface area contributed by atoms with Gasteiger partial charge in [0.2, 0.25) is 0 Å². The van der Waals surface area contributed by atoms with Crippen molar-refractivity contribution in [1.29, 1.82) is 0 Å². The van der Waals surface area contributed by atoms with Crippen LogP contribution < -0.4 is 4.74 Å². The van der Waals surface area contributed by atoms with Crippen molar-refractivity contribution < 1.29 is 19.1 Å². The number of Topliss-reactive ketones (excluding diaryl/α,β-unsaturated/α-hetero) is 1. The fourth-order valence-electron chi connectivity index (χ4n) is 8.20. The molecular formula is C27H36O4. The van der Waals surface area contributed by atoms with E-state index in [-0.39, 0.29) is 17.5 Å². The average molecular weight is 425 g/mol. The molecule has 0 unspecified atom stereocenters. The number of ketones is 1. The second kappa shape index (κ2) is 7.64. The Morgan fingerprint density at radius 3 is 2.55 bits per heavy atom. The summed E-state index contributed by atoms with van der Waals surface area (Å²) in [6.07, 6.45) is 9.53. The smallest absolute Gasteiger partial charge is 0.342 e. The molecule has 31 heavy (non-hydrogen) atoms. The number of hydrogen-bond donors (Lipinski definition) is 0. The lowest BCUT2D eigenvalue weighted by Gasteiger charge is -2.60. The number of fused-ring (bicyclic) bond motifs is 5. The van der Waals surface area contributed by atoms with Crippen molar-refractivity contribution in [2.24, 2.45) is 34.5 Å². The summed E-state index contributed by atoms with van der Waals surface area (Å²) in [7, 11) is 1.59. The summed E-state index contributed by atoms with van der Waals surface area (Å²) in [5.41, 5.74) is 0.905. The Bertz CT molecular complexity index is 878. The first-order valence-corrected chi connectivity index (χ1v) is 12.2. The highest BCUT2D eigenvalue weighted by Gasteiger charge is 2.61. The molecular weight excluding hydrogens is 388 g/mol. The summed E-state index contributed by atoms with van der Waals surface area (Å²) < 4.78 is 11.6. The minimum Gasteiger partial charge on any atom is -0.496 e. The minimum absolute atomic E-state index is 0.0191. The van der Waals surface area contributed by atoms with E-state index in [1.807, 2.05) is 18.2 Å². The fourth-order valence-corrected chi connectivity index (χ4v) is 8.20. The molecule has 168 valence electrons. The standard InChI is InChI=1S/C27H36O4/c1-26-14-12-18(28)16-17(26)8-9-19-21-10-11-24(27(21,2)15-13-22(19)26)31-25(29)20-6-4-5-7-23(20)30-3/h4-7,17,19,21-22,24H,8-16H2,1-3H3/t17-,19-,21-,22-,24-,26-,27-/m0/s1. The summed E-state index contributed by atoms with van der Waals surface area (Å²) in [6, 6.07) is 7.34. The second-order valence-corrected chi connectivity index (χ2v) is 11.1. The van der Waals surface area contributed by atoms with Crippen LogP contribution in [0.5, 0.6) is 5.75 Å². The predicted octanol–water partition coefficient (Wildman–Crippen LogP) is 5.83. The van der Waals surface area contributed by atoms with Crippen LogP contribution in [0.2, 0.25) is 0 Å². The highest BCUT2D eigenvalue weighted by Crippen LogP contribution is 2.66. The van der Waals surface area contributed by atoms with Gasteiger partial charge in [-0.2, -0.15) is 0 Å². The molecule has 0 bridgehead atoms. The molecule has 7 atom stereocenters. The molecule has 1 aromatic rings. The van der Waals surface area contributed by atoms with Gasteiger partial charge in [-0.1, -0.05) is 26.0 Å². The van der Waals surface area contributed by atoms with Gasteiger partial charge >= 0.3 is 5.97 Å². The molecule has 0 amide bonds. The number of ether oxygens (including phenoxy) is 2. The maximum absolute atomic E-state index is 13.0. The number of benzene rings is 1. The summed E-state index contributed by atoms with van der Waals surface area (Å²) in [5, 5.41) is 0. The second-order valence-electron chi connectivity index (χ2n) is 11.1. The zero-order valence-electron chi connectivity index (χ0n) is 19.2. The largest absolute Gasteiger partial charge is 0.496 e. The summed E-state index contributed by atoms with van der Waals surface area (Å²) in [5.74, 6) is 3.44. The van der Waals surface area contributed by atoms with Crippen LogP contribution in [0.4, 0.5) is 0 Å². The van der Waals surface area contributed by atoms with Crippen LogP contribution in [0, 0.1) is 34.5 Å². The van der Waals surface area contributed by atoms with Crippen LogP contribution in [0.25, 0.3) is 0 Å². The number of carbonyl (C=O) groups excluding carboxylic acids is 2. The van der Waals surface area contributed by atoms with E-state index in [0.29, 0.717) is 40.3 Å². The Balaban J connectivity index is 1.34. The van der Waals surface area contributed by atoms with Gasteiger partial charge in [-0.15, -0.1) is 0 Å². The lowest BCUT2D eigenvalue weighted by atomic mass is 9.45. The molecule has 4 heteroatoms. The van der Waals surface area contributed by atoms with Gasteiger partial charge in [0.15, 0.2) is 0 Å². The van der Waals surface area contributed by atoms with E-state index < -0.39 is 0 Å². The third-order valence-electron chi connectivity index (χ3n) is 9.97. The van der Waals surface area contributed by atoms with Gasteiger partial charge in [-0.05, 0) is 86.2 Å². The van der Waals surface area contributed by atoms with E-state index in [1.165, 1.54) is 19.3 Å². The normalized spacial score (nSPS) is 41.6. The van der Waals surface area contributed by atoms with E-state index in [2.05, 4.69) is 13.8 Å². The topological polar surface area (TPSA) is 52.6 Å². The SMILES string of the molecule is COc1ccccc1C(=O)O[C@H]1CC[C@H]2[C@@H]3CC[C@H]4CC(=O)CC[C@]4(C)[C@H]3CC[C@]12C. The summed E-state index contributed by atoms with van der Waals surface area (Å²) >= 11 is 0. The Labute approximate surface area is 186 Å². The first kappa shape index (κ1) is 21.0. The van der Waals surface area contributed by atoms with Crippen molar-refractivity contribution in [2.45, 2.75) is 77.7 Å². The number of esters is 1. The lowest BCUT2D eigenvalue weighted by molar-refractivity contribution is -0.142. The van der Waals surface area contributed by atoms with Crippen LogP contribution in [0.1, 0.15) is 82.0 Å². The lowest BCUT2D eigenvalue weighted by Crippen LogP contribution is -2.54. The minimum atomic E-state index is -0.257. The van der Waals surface area contributed by atoms with Gasteiger partial charge in [0.1, 0.15) is 23.2 Å². The number of hydrogen-bond acceptors (Lipinski definition) is 4. The molecule has 0 aromatic heterocycles. The van der Waals surface area contributed by atoms with E-state index in [1.54, 1.807) is 13.2 Å². The van der Waals surface area contributed by atoms with Crippen molar-refractivity contribution in [1.82, 2.24) is 0 Å². The third-order valence-corrected chi connectivity index (χ3v) is 9.97. The van der Waals surface area contributed by atoms with E-state index in [9.17, 15) is 9.59 Å². The van der Waals surface area contributed by atoms with Gasteiger partial charge in [-0.25, -0.2) is 4.79 Å². The summed E-state index contributed by atoms with van der Waals surface area (Å²) in [4.78, 5) is 25.1. The third kappa shape index (κ3) is 3.24. The van der Waals surface area contributed by atoms with Crippen molar-refractivity contribution in [3.63, 3.8) is 0 Å². The number of rotatable bonds is 3. The zero-order chi connectivity index (χ0) is 21.8.